The van der Waals surface area contributed by atoms with E-state index < -0.39 is 6.03 Å². The topological polar surface area (TPSA) is 80.9 Å². The van der Waals surface area contributed by atoms with E-state index in [2.05, 4.69) is 15.3 Å². The summed E-state index contributed by atoms with van der Waals surface area (Å²) < 4.78 is 0. The molecule has 0 saturated carbocycles. The summed E-state index contributed by atoms with van der Waals surface area (Å²) in [7, 11) is 0. The van der Waals surface area contributed by atoms with Crippen LogP contribution in [0.3, 0.4) is 0 Å². The Balaban J connectivity index is 0.000001000. The average molecular weight is 162 g/mol. The predicted octanol–water partition coefficient (Wildman–Crippen LogP) is -0.681. The molecule has 3 N–H and O–H groups in total. The van der Waals surface area contributed by atoms with Gasteiger partial charge in [0, 0.05) is 12.4 Å². The van der Waals surface area contributed by atoms with E-state index in [1.807, 2.05) is 0 Å². The standard InChI is InChI=1S/C5H6N4O.Na.H/c6-4(10)9-5-7-2-1-3-8-5;;/h1-3H,(H3,6,7,8,9,10);;. The molecule has 0 aliphatic carbocycles. The fraction of sp³-hybridized carbons (Fsp3) is 0. The van der Waals surface area contributed by atoms with Crippen molar-refractivity contribution in [2.45, 2.75) is 0 Å². The fourth-order valence-electron chi connectivity index (χ4n) is 0.474. The molecular weight excluding hydrogens is 155 g/mol. The molecule has 0 fully saturated rings. The number of hydrogen-bond donors (Lipinski definition) is 2. The van der Waals surface area contributed by atoms with Gasteiger partial charge < -0.3 is 5.73 Å². The van der Waals surface area contributed by atoms with Gasteiger partial charge in [-0.05, 0) is 6.07 Å². The first-order chi connectivity index (χ1) is 4.79. The van der Waals surface area contributed by atoms with Gasteiger partial charge in [-0.25, -0.2) is 14.8 Å². The molecule has 0 saturated heterocycles. The number of nitrogens with zero attached hydrogens (tertiary/aromatic N) is 2. The van der Waals surface area contributed by atoms with E-state index in [1.165, 1.54) is 12.4 Å². The summed E-state index contributed by atoms with van der Waals surface area (Å²) in [5, 5.41) is 2.22. The van der Waals surface area contributed by atoms with Crippen LogP contribution < -0.4 is 11.1 Å². The number of aromatic nitrogens is 2. The van der Waals surface area contributed by atoms with Gasteiger partial charge >= 0.3 is 35.6 Å². The number of carbonyl (C=O) groups excluding carboxylic acids is 1. The fourth-order valence-corrected chi connectivity index (χ4v) is 0.474. The van der Waals surface area contributed by atoms with Crippen molar-refractivity contribution in [2.75, 3.05) is 5.32 Å². The summed E-state index contributed by atoms with van der Waals surface area (Å²) in [5.74, 6) is 0.218. The van der Waals surface area contributed by atoms with Crippen LogP contribution in [0.4, 0.5) is 10.7 Å². The zero-order valence-electron chi connectivity index (χ0n) is 5.11. The molecule has 6 heteroatoms. The molecule has 1 aromatic rings. The van der Waals surface area contributed by atoms with Gasteiger partial charge in [0.2, 0.25) is 5.95 Å². The van der Waals surface area contributed by atoms with Gasteiger partial charge in [0.15, 0.2) is 0 Å². The Hall–Kier alpha value is -0.650. The van der Waals surface area contributed by atoms with Crippen LogP contribution >= 0.6 is 0 Å². The Morgan fingerprint density at radius 2 is 2.00 bits per heavy atom. The first-order valence-corrected chi connectivity index (χ1v) is 2.62. The van der Waals surface area contributed by atoms with E-state index in [4.69, 9.17) is 5.73 Å². The Morgan fingerprint density at radius 1 is 1.45 bits per heavy atom. The molecule has 11 heavy (non-hydrogen) atoms. The predicted molar refractivity (Wildman–Crippen MR) is 42.4 cm³/mol. The van der Waals surface area contributed by atoms with E-state index in [1.54, 1.807) is 6.07 Å². The summed E-state index contributed by atoms with van der Waals surface area (Å²) in [5.41, 5.74) is 4.79. The maximum absolute atomic E-state index is 10.2. The van der Waals surface area contributed by atoms with Gasteiger partial charge in [-0.2, -0.15) is 0 Å². The van der Waals surface area contributed by atoms with Crippen molar-refractivity contribution < 1.29 is 4.79 Å². The molecule has 5 nitrogen and oxygen atoms in total. The van der Waals surface area contributed by atoms with Crippen molar-refractivity contribution in [2.24, 2.45) is 5.73 Å². The summed E-state index contributed by atoms with van der Waals surface area (Å²) in [6.45, 7) is 0. The summed E-state index contributed by atoms with van der Waals surface area (Å²) >= 11 is 0. The summed E-state index contributed by atoms with van der Waals surface area (Å²) in [6.07, 6.45) is 3.02. The molecule has 2 amide bonds. The van der Waals surface area contributed by atoms with Gasteiger partial charge in [0.05, 0.1) is 0 Å². The van der Waals surface area contributed by atoms with Crippen LogP contribution in [0.2, 0.25) is 0 Å². The number of hydrogen-bond acceptors (Lipinski definition) is 3. The average Bonchev–Trinajstić information content (AvgIpc) is 1.88. The molecular formula is C5H7N4NaO. The molecule has 0 bridgehead atoms. The Labute approximate surface area is 85.7 Å². The normalized spacial score (nSPS) is 8.00. The number of anilines is 1. The van der Waals surface area contributed by atoms with Crippen LogP contribution in [0.5, 0.6) is 0 Å². The van der Waals surface area contributed by atoms with Crippen molar-refractivity contribution in [3.8, 4) is 0 Å². The third-order valence-electron chi connectivity index (χ3n) is 0.801. The van der Waals surface area contributed by atoms with E-state index in [-0.39, 0.29) is 35.5 Å². The Kier molecular flexibility index (Phi) is 4.76. The molecule has 0 atom stereocenters. The van der Waals surface area contributed by atoms with E-state index in [0.717, 1.165) is 0 Å². The minimum absolute atomic E-state index is 0. The number of rotatable bonds is 1. The minimum atomic E-state index is -0.661. The maximum atomic E-state index is 10.2. The second-order valence-electron chi connectivity index (χ2n) is 1.56. The molecule has 0 spiro atoms. The molecule has 0 aliphatic rings. The molecule has 1 aromatic heterocycles. The second-order valence-corrected chi connectivity index (χ2v) is 1.56. The van der Waals surface area contributed by atoms with Crippen LogP contribution in [0, 0.1) is 0 Å². The number of nitrogens with one attached hydrogen (secondary N) is 1. The molecule has 0 aromatic carbocycles. The first kappa shape index (κ1) is 10.3. The molecule has 54 valence electrons. The van der Waals surface area contributed by atoms with Crippen molar-refractivity contribution in [3.05, 3.63) is 18.5 Å². The SMILES string of the molecule is NC(=O)Nc1ncccn1.[NaH]. The van der Waals surface area contributed by atoms with Gasteiger partial charge in [-0.1, -0.05) is 0 Å². The number of nitrogens with two attached hydrogens (primary N) is 1. The van der Waals surface area contributed by atoms with Crippen LogP contribution in [-0.4, -0.2) is 45.6 Å². The van der Waals surface area contributed by atoms with E-state index in [0.29, 0.717) is 0 Å². The van der Waals surface area contributed by atoms with Gasteiger partial charge in [-0.15, -0.1) is 0 Å². The monoisotopic (exact) mass is 162 g/mol. The zero-order valence-corrected chi connectivity index (χ0v) is 5.11. The van der Waals surface area contributed by atoms with Gasteiger partial charge in [0.25, 0.3) is 0 Å². The summed E-state index contributed by atoms with van der Waals surface area (Å²) in [6, 6.07) is 0.984. The quantitative estimate of drug-likeness (QED) is 0.537. The van der Waals surface area contributed by atoms with Crippen molar-refractivity contribution in [3.63, 3.8) is 0 Å². The molecule has 0 aliphatic heterocycles. The third kappa shape index (κ3) is 3.92. The molecule has 1 rings (SSSR count). The van der Waals surface area contributed by atoms with Crippen molar-refractivity contribution in [1.29, 1.82) is 0 Å². The van der Waals surface area contributed by atoms with Crippen molar-refractivity contribution >= 4 is 41.5 Å². The van der Waals surface area contributed by atoms with Gasteiger partial charge in [0.1, 0.15) is 0 Å². The number of carbonyl (C=O) groups is 1. The molecule has 1 heterocycles. The summed E-state index contributed by atoms with van der Waals surface area (Å²) in [4.78, 5) is 17.6. The zero-order chi connectivity index (χ0) is 7.40. The second kappa shape index (κ2) is 5.06. The Morgan fingerprint density at radius 3 is 2.45 bits per heavy atom. The van der Waals surface area contributed by atoms with Crippen LogP contribution in [-0.2, 0) is 0 Å². The van der Waals surface area contributed by atoms with Crippen molar-refractivity contribution in [1.82, 2.24) is 9.97 Å². The number of amides is 2. The van der Waals surface area contributed by atoms with Gasteiger partial charge in [-0.3, -0.25) is 5.32 Å². The third-order valence-corrected chi connectivity index (χ3v) is 0.801. The van der Waals surface area contributed by atoms with E-state index >= 15 is 0 Å². The van der Waals surface area contributed by atoms with Crippen LogP contribution in [0.15, 0.2) is 18.5 Å². The Bertz CT molecular complexity index is 227. The van der Waals surface area contributed by atoms with Crippen LogP contribution in [0.25, 0.3) is 0 Å². The number of primary amides is 1. The first-order valence-electron chi connectivity index (χ1n) is 2.62. The van der Waals surface area contributed by atoms with Crippen LogP contribution in [0.1, 0.15) is 0 Å². The molecule has 0 unspecified atom stereocenters. The van der Waals surface area contributed by atoms with E-state index in [9.17, 15) is 4.79 Å². The number of urea groups is 1. The molecule has 0 radical (unpaired) electrons.